The molecule has 6 nitrogen and oxygen atoms in total. The van der Waals surface area contributed by atoms with Gasteiger partial charge in [-0.3, -0.25) is 0 Å². The average molecular weight is 1030 g/mol. The second-order valence-electron chi connectivity index (χ2n) is 21.6. The summed E-state index contributed by atoms with van der Waals surface area (Å²) in [7, 11) is 0. The van der Waals surface area contributed by atoms with Crippen molar-refractivity contribution in [3.8, 4) is 22.3 Å². The van der Waals surface area contributed by atoms with E-state index in [0.29, 0.717) is 0 Å². The molecule has 11 aromatic carbocycles. The number of furan rings is 2. The van der Waals surface area contributed by atoms with Crippen LogP contribution >= 0.6 is 0 Å². The van der Waals surface area contributed by atoms with E-state index in [1.54, 1.807) is 0 Å². The Labute approximate surface area is 460 Å². The Kier molecular flexibility index (Phi) is 9.57. The molecule has 0 bridgehead atoms. The molecule has 0 fully saturated rings. The third kappa shape index (κ3) is 6.47. The van der Waals surface area contributed by atoms with Crippen molar-refractivity contribution in [2.45, 2.75) is 26.7 Å². The molecule has 0 saturated carbocycles. The third-order valence-corrected chi connectivity index (χ3v) is 17.2. The van der Waals surface area contributed by atoms with Crippen LogP contribution in [0.3, 0.4) is 0 Å². The van der Waals surface area contributed by atoms with E-state index in [4.69, 9.17) is 8.83 Å². The molecular formula is C74H50N4O2. The molecular weight excluding hydrogens is 977 g/mol. The fourth-order valence-corrected chi connectivity index (χ4v) is 13.6. The van der Waals surface area contributed by atoms with Gasteiger partial charge in [0.25, 0.3) is 0 Å². The van der Waals surface area contributed by atoms with Gasteiger partial charge < -0.3 is 28.0 Å². The maximum Gasteiger partial charge on any atom is 0.159 e. The van der Waals surface area contributed by atoms with Crippen molar-refractivity contribution in [2.75, 3.05) is 9.80 Å². The van der Waals surface area contributed by atoms with Crippen molar-refractivity contribution in [3.05, 3.63) is 259 Å². The number of aromatic amines is 1. The van der Waals surface area contributed by atoms with Crippen LogP contribution in [0.2, 0.25) is 0 Å². The highest BCUT2D eigenvalue weighted by molar-refractivity contribution is 6.27. The molecule has 1 aliphatic carbocycles. The highest BCUT2D eigenvalue weighted by Crippen LogP contribution is 2.50. The third-order valence-electron chi connectivity index (χ3n) is 17.2. The monoisotopic (exact) mass is 1030 g/mol. The predicted octanol–water partition coefficient (Wildman–Crippen LogP) is 20.7. The van der Waals surface area contributed by atoms with Crippen LogP contribution in [-0.4, -0.2) is 9.38 Å². The first-order chi connectivity index (χ1) is 39.5. The van der Waals surface area contributed by atoms with Gasteiger partial charge in [0, 0.05) is 87.9 Å². The van der Waals surface area contributed by atoms with Gasteiger partial charge in [-0.05, 0) is 133 Å². The van der Waals surface area contributed by atoms with Crippen molar-refractivity contribution in [1.29, 1.82) is 0 Å². The normalized spacial score (nSPS) is 12.8. The topological polar surface area (TPSA) is 53.0 Å². The van der Waals surface area contributed by atoms with Crippen LogP contribution < -0.4 is 9.80 Å². The summed E-state index contributed by atoms with van der Waals surface area (Å²) in [5.74, 6) is 0.948. The smallest absolute Gasteiger partial charge is 0.159 e. The number of aromatic nitrogens is 2. The summed E-state index contributed by atoms with van der Waals surface area (Å²) in [6.45, 7) is 4.39. The number of fused-ring (bicyclic) bond motifs is 15. The lowest BCUT2D eigenvalue weighted by Gasteiger charge is -2.30. The molecule has 1 N–H and O–H groups in total. The Morgan fingerprint density at radius 1 is 0.438 bits per heavy atom. The molecule has 5 heterocycles. The highest BCUT2D eigenvalue weighted by Gasteiger charge is 2.29. The Balaban J connectivity index is 0.861. The second kappa shape index (κ2) is 17.1. The van der Waals surface area contributed by atoms with Crippen molar-refractivity contribution in [1.82, 2.24) is 9.38 Å². The van der Waals surface area contributed by atoms with Gasteiger partial charge in [-0.25, -0.2) is 0 Å². The van der Waals surface area contributed by atoms with Gasteiger partial charge in [0.2, 0.25) is 0 Å². The van der Waals surface area contributed by atoms with Crippen LogP contribution in [0.5, 0.6) is 0 Å². The zero-order valence-corrected chi connectivity index (χ0v) is 44.1. The molecule has 1 aliphatic rings. The maximum atomic E-state index is 6.76. The van der Waals surface area contributed by atoms with Crippen LogP contribution in [0.1, 0.15) is 28.9 Å². The highest BCUT2D eigenvalue weighted by atomic mass is 16.3. The molecule has 80 heavy (non-hydrogen) atoms. The number of para-hydroxylation sites is 7. The fourth-order valence-electron chi connectivity index (χ4n) is 13.6. The maximum absolute atomic E-state index is 6.76. The van der Waals surface area contributed by atoms with Crippen molar-refractivity contribution in [3.63, 3.8) is 0 Å². The molecule has 5 aromatic heterocycles. The second-order valence-corrected chi connectivity index (χ2v) is 21.6. The number of H-pyrrole nitrogens is 1. The Morgan fingerprint density at radius 3 is 1.91 bits per heavy atom. The van der Waals surface area contributed by atoms with Crippen LogP contribution in [0.25, 0.3) is 121 Å². The molecule has 6 heteroatoms. The van der Waals surface area contributed by atoms with Crippen LogP contribution in [0, 0.1) is 13.8 Å². The summed E-state index contributed by atoms with van der Waals surface area (Å²) in [4.78, 5) is 8.75. The first-order valence-electron chi connectivity index (χ1n) is 27.7. The number of benzene rings is 11. The van der Waals surface area contributed by atoms with E-state index in [2.05, 4.69) is 264 Å². The number of hydrogen-bond donors (Lipinski definition) is 1. The number of allylic oxidation sites excluding steroid dienone is 1. The standard InChI is InChI=1S/C74H50N4O2/c1-44-18-6-10-30-62(44)76(65-32-16-27-55-51-22-8-12-34-68(51)79-73(55)65)48-36-38-61-59(42-48)53-25-14-24-50(71(53)75-61)47-40-58(46-20-4-3-5-21-46)70-57-29-15-26-54-60-43-49(37-39-64(60)78(72(54)57)67(70)41-47)77(63-31-11-7-19-45(63)2)66-33-17-28-56-52-23-9-13-35-69(52)80-74(56)66/h3-15,17-26,28-43,75H,16,27H2,1-2H3. The molecule has 378 valence electrons. The SMILES string of the molecule is Cc1ccccc1N(C1=CCCc2c1oc1ccccc21)c1ccc2[nH]c3c(-c4cc(-c5ccccc5)c5c6cccc7c8cc(N(c9ccccc9C)c9cccc%10c9oc9ccccc9%10)ccc8n(c5c4)c76)cccc3c2c1. The van der Waals surface area contributed by atoms with Gasteiger partial charge in [-0.15, -0.1) is 0 Å². The number of anilines is 5. The molecule has 17 rings (SSSR count). The summed E-state index contributed by atoms with van der Waals surface area (Å²) in [6, 6.07) is 83.9. The molecule has 16 aromatic rings. The van der Waals surface area contributed by atoms with E-state index in [0.717, 1.165) is 108 Å². The molecule has 0 radical (unpaired) electrons. The lowest BCUT2D eigenvalue weighted by Crippen LogP contribution is -2.18. The van der Waals surface area contributed by atoms with Gasteiger partial charge >= 0.3 is 0 Å². The lowest BCUT2D eigenvalue weighted by atomic mass is 9.93. The summed E-state index contributed by atoms with van der Waals surface area (Å²) in [5.41, 5.74) is 23.2. The largest absolute Gasteiger partial charge is 0.454 e. The average Bonchev–Trinajstić information content (AvgIpc) is 4.50. The molecule has 0 saturated heterocycles. The van der Waals surface area contributed by atoms with Crippen molar-refractivity contribution in [2.24, 2.45) is 0 Å². The number of aryl methyl sites for hydroxylation is 3. The van der Waals surface area contributed by atoms with Gasteiger partial charge in [-0.2, -0.15) is 0 Å². The molecule has 0 amide bonds. The number of nitrogens with zero attached hydrogens (tertiary/aromatic N) is 3. The van der Waals surface area contributed by atoms with Crippen LogP contribution in [0.4, 0.5) is 28.4 Å². The van der Waals surface area contributed by atoms with Crippen molar-refractivity contribution >= 4 is 127 Å². The van der Waals surface area contributed by atoms with Gasteiger partial charge in [0.15, 0.2) is 11.3 Å². The van der Waals surface area contributed by atoms with E-state index in [9.17, 15) is 0 Å². The number of rotatable bonds is 8. The Morgan fingerprint density at radius 2 is 1.07 bits per heavy atom. The first kappa shape index (κ1) is 44.8. The van der Waals surface area contributed by atoms with Crippen LogP contribution in [-0.2, 0) is 6.42 Å². The van der Waals surface area contributed by atoms with Gasteiger partial charge in [0.05, 0.1) is 33.5 Å². The van der Waals surface area contributed by atoms with E-state index in [1.807, 2.05) is 6.07 Å². The van der Waals surface area contributed by atoms with E-state index >= 15 is 0 Å². The molecule has 0 aliphatic heterocycles. The zero-order chi connectivity index (χ0) is 52.7. The number of nitrogens with one attached hydrogen (secondary N) is 1. The molecule has 0 atom stereocenters. The van der Waals surface area contributed by atoms with Crippen molar-refractivity contribution < 1.29 is 8.83 Å². The fraction of sp³-hybridized carbons (Fsp3) is 0.0541. The van der Waals surface area contributed by atoms with E-state index < -0.39 is 0 Å². The Hall–Kier alpha value is -10.3. The van der Waals surface area contributed by atoms with E-state index in [1.165, 1.54) is 76.6 Å². The minimum absolute atomic E-state index is 0.867. The molecule has 0 unspecified atom stereocenters. The minimum atomic E-state index is 0.867. The van der Waals surface area contributed by atoms with Gasteiger partial charge in [0.1, 0.15) is 11.2 Å². The summed E-state index contributed by atoms with van der Waals surface area (Å²) < 4.78 is 16.0. The van der Waals surface area contributed by atoms with Gasteiger partial charge in [-0.1, -0.05) is 158 Å². The summed E-state index contributed by atoms with van der Waals surface area (Å²) >= 11 is 0. The minimum Gasteiger partial charge on any atom is -0.454 e. The predicted molar refractivity (Wildman–Crippen MR) is 334 cm³/mol. The zero-order valence-electron chi connectivity index (χ0n) is 44.1. The number of hydrogen-bond acceptors (Lipinski definition) is 4. The quantitative estimate of drug-likeness (QED) is 0.165. The van der Waals surface area contributed by atoms with Crippen LogP contribution in [0.15, 0.2) is 245 Å². The summed E-state index contributed by atoms with van der Waals surface area (Å²) in [6.07, 6.45) is 4.24. The Bertz CT molecular complexity index is 5240. The summed E-state index contributed by atoms with van der Waals surface area (Å²) in [5, 5.41) is 10.7. The molecule has 0 spiro atoms. The first-order valence-corrected chi connectivity index (χ1v) is 27.7. The lowest BCUT2D eigenvalue weighted by molar-refractivity contribution is 0.588. The van der Waals surface area contributed by atoms with E-state index in [-0.39, 0.29) is 0 Å².